The molecule has 0 aliphatic carbocycles. The molecule has 0 spiro atoms. The first kappa shape index (κ1) is 14.9. The van der Waals surface area contributed by atoms with Crippen molar-refractivity contribution >= 4 is 28.2 Å². The highest BCUT2D eigenvalue weighted by Crippen LogP contribution is 2.31. The molecule has 6 nitrogen and oxygen atoms in total. The van der Waals surface area contributed by atoms with Gasteiger partial charge in [0.25, 0.3) is 0 Å². The van der Waals surface area contributed by atoms with E-state index in [-0.39, 0.29) is 11.9 Å². The number of hydrogen-bond acceptors (Lipinski definition) is 6. The summed E-state index contributed by atoms with van der Waals surface area (Å²) in [5.74, 6) is 1.52. The standard InChI is InChI=1S/C15H19N5OS/c1-9-7-13(19-15-17-10(2)8-22-15)18-14(16-9)12-5-4-6-20(12)11(3)21/h7-8,12H,4-6H2,1-3H3,(H,16,17,18,19)/t12-/m0/s1. The second-order valence-corrected chi connectivity index (χ2v) is 6.40. The van der Waals surface area contributed by atoms with Crippen molar-refractivity contribution in [3.05, 3.63) is 28.7 Å². The molecule has 7 heteroatoms. The quantitative estimate of drug-likeness (QED) is 0.942. The minimum absolute atomic E-state index is 0.0176. The van der Waals surface area contributed by atoms with Crippen molar-refractivity contribution in [1.29, 1.82) is 0 Å². The Morgan fingerprint density at radius 1 is 1.32 bits per heavy atom. The number of likely N-dealkylation sites (tertiary alicyclic amines) is 1. The largest absolute Gasteiger partial charge is 0.333 e. The molecule has 0 aromatic carbocycles. The van der Waals surface area contributed by atoms with E-state index in [1.165, 1.54) is 0 Å². The maximum Gasteiger partial charge on any atom is 0.220 e. The molecule has 0 unspecified atom stereocenters. The predicted octanol–water partition coefficient (Wildman–Crippen LogP) is 2.98. The van der Waals surface area contributed by atoms with Gasteiger partial charge in [-0.2, -0.15) is 0 Å². The van der Waals surface area contributed by atoms with Crippen molar-refractivity contribution in [3.8, 4) is 0 Å². The molecule has 1 aliphatic heterocycles. The van der Waals surface area contributed by atoms with Gasteiger partial charge in [-0.3, -0.25) is 4.79 Å². The van der Waals surface area contributed by atoms with E-state index in [1.807, 2.05) is 30.2 Å². The fourth-order valence-electron chi connectivity index (χ4n) is 2.74. The van der Waals surface area contributed by atoms with Crippen molar-refractivity contribution < 1.29 is 4.79 Å². The molecule has 0 bridgehead atoms. The van der Waals surface area contributed by atoms with E-state index in [2.05, 4.69) is 20.3 Å². The average Bonchev–Trinajstić information content (AvgIpc) is 3.07. The number of aryl methyl sites for hydroxylation is 2. The van der Waals surface area contributed by atoms with Gasteiger partial charge in [0.15, 0.2) is 11.0 Å². The fourth-order valence-corrected chi connectivity index (χ4v) is 3.43. The van der Waals surface area contributed by atoms with Gasteiger partial charge in [-0.25, -0.2) is 15.0 Å². The van der Waals surface area contributed by atoms with Crippen LogP contribution >= 0.6 is 11.3 Å². The second-order valence-electron chi connectivity index (χ2n) is 5.54. The summed E-state index contributed by atoms with van der Waals surface area (Å²) in [6.07, 6.45) is 1.91. The van der Waals surface area contributed by atoms with Crippen LogP contribution in [0.2, 0.25) is 0 Å². The van der Waals surface area contributed by atoms with Gasteiger partial charge in [-0.1, -0.05) is 0 Å². The summed E-state index contributed by atoms with van der Waals surface area (Å²) in [7, 11) is 0. The smallest absolute Gasteiger partial charge is 0.220 e. The molecule has 1 saturated heterocycles. The Hall–Kier alpha value is -2.02. The summed E-state index contributed by atoms with van der Waals surface area (Å²) < 4.78 is 0. The summed E-state index contributed by atoms with van der Waals surface area (Å²) in [6, 6.07) is 1.88. The van der Waals surface area contributed by atoms with Gasteiger partial charge in [0.1, 0.15) is 5.82 Å². The van der Waals surface area contributed by atoms with Gasteiger partial charge in [0.05, 0.1) is 11.7 Å². The first-order chi connectivity index (χ1) is 10.5. The molecular formula is C15H19N5OS. The molecule has 3 heterocycles. The molecule has 1 aliphatic rings. The van der Waals surface area contributed by atoms with Crippen LogP contribution in [0.3, 0.4) is 0 Å². The topological polar surface area (TPSA) is 71.0 Å². The highest BCUT2D eigenvalue weighted by atomic mass is 32.1. The predicted molar refractivity (Wildman–Crippen MR) is 86.3 cm³/mol. The summed E-state index contributed by atoms with van der Waals surface area (Å²) in [6.45, 7) is 6.29. The number of nitrogens with one attached hydrogen (secondary N) is 1. The maximum atomic E-state index is 11.7. The average molecular weight is 317 g/mol. The number of hydrogen-bond donors (Lipinski definition) is 1. The van der Waals surface area contributed by atoms with E-state index in [0.717, 1.165) is 41.7 Å². The third kappa shape index (κ3) is 3.09. The number of nitrogens with zero attached hydrogens (tertiary/aromatic N) is 4. The van der Waals surface area contributed by atoms with Crippen molar-refractivity contribution in [2.45, 2.75) is 39.7 Å². The number of rotatable bonds is 3. The van der Waals surface area contributed by atoms with Crippen molar-refractivity contribution in [1.82, 2.24) is 19.9 Å². The maximum absolute atomic E-state index is 11.7. The van der Waals surface area contributed by atoms with E-state index in [4.69, 9.17) is 0 Å². The van der Waals surface area contributed by atoms with Crippen LogP contribution < -0.4 is 5.32 Å². The first-order valence-electron chi connectivity index (χ1n) is 7.35. The zero-order valence-corrected chi connectivity index (χ0v) is 13.8. The third-order valence-electron chi connectivity index (χ3n) is 3.68. The first-order valence-corrected chi connectivity index (χ1v) is 8.23. The van der Waals surface area contributed by atoms with Gasteiger partial charge in [0, 0.05) is 30.6 Å². The zero-order chi connectivity index (χ0) is 15.7. The molecule has 1 atom stereocenters. The molecule has 0 radical (unpaired) electrons. The molecule has 0 saturated carbocycles. The van der Waals surface area contributed by atoms with E-state index in [1.54, 1.807) is 18.3 Å². The summed E-state index contributed by atoms with van der Waals surface area (Å²) in [5.41, 5.74) is 1.87. The highest BCUT2D eigenvalue weighted by molar-refractivity contribution is 7.13. The van der Waals surface area contributed by atoms with Gasteiger partial charge in [-0.15, -0.1) is 11.3 Å². The minimum atomic E-state index is -0.0176. The number of carbonyl (C=O) groups is 1. The Morgan fingerprint density at radius 3 is 2.82 bits per heavy atom. The van der Waals surface area contributed by atoms with Crippen LogP contribution in [0.1, 0.15) is 43.0 Å². The van der Waals surface area contributed by atoms with Crippen LogP contribution in [-0.2, 0) is 4.79 Å². The highest BCUT2D eigenvalue weighted by Gasteiger charge is 2.30. The van der Waals surface area contributed by atoms with E-state index in [9.17, 15) is 4.79 Å². The Balaban J connectivity index is 1.88. The normalized spacial score (nSPS) is 17.8. The van der Waals surface area contributed by atoms with E-state index < -0.39 is 0 Å². The number of anilines is 2. The van der Waals surface area contributed by atoms with E-state index in [0.29, 0.717) is 5.82 Å². The van der Waals surface area contributed by atoms with Crippen molar-refractivity contribution in [3.63, 3.8) is 0 Å². The number of amides is 1. The Labute approximate surface area is 133 Å². The van der Waals surface area contributed by atoms with Crippen LogP contribution in [0, 0.1) is 13.8 Å². The Morgan fingerprint density at radius 2 is 2.14 bits per heavy atom. The summed E-state index contributed by atoms with van der Waals surface area (Å²) >= 11 is 1.55. The van der Waals surface area contributed by atoms with E-state index >= 15 is 0 Å². The lowest BCUT2D eigenvalue weighted by atomic mass is 10.2. The molecule has 2 aromatic rings. The third-order valence-corrected chi connectivity index (χ3v) is 4.56. The summed E-state index contributed by atoms with van der Waals surface area (Å²) in [4.78, 5) is 27.1. The number of carbonyl (C=O) groups excluding carboxylic acids is 1. The lowest BCUT2D eigenvalue weighted by molar-refractivity contribution is -0.129. The molecule has 1 N–H and O–H groups in total. The van der Waals surface area contributed by atoms with Gasteiger partial charge < -0.3 is 10.2 Å². The molecule has 2 aromatic heterocycles. The van der Waals surface area contributed by atoms with Gasteiger partial charge in [0.2, 0.25) is 5.91 Å². The number of aromatic nitrogens is 3. The Bertz CT molecular complexity index is 699. The fraction of sp³-hybridized carbons (Fsp3) is 0.467. The van der Waals surface area contributed by atoms with Gasteiger partial charge in [-0.05, 0) is 26.7 Å². The molecule has 22 heavy (non-hydrogen) atoms. The van der Waals surface area contributed by atoms with Crippen molar-refractivity contribution in [2.75, 3.05) is 11.9 Å². The lowest BCUT2D eigenvalue weighted by Crippen LogP contribution is -2.29. The van der Waals surface area contributed by atoms with Crippen molar-refractivity contribution in [2.24, 2.45) is 0 Å². The molecular weight excluding hydrogens is 298 g/mol. The van der Waals surface area contributed by atoms with Crippen LogP contribution in [0.5, 0.6) is 0 Å². The second kappa shape index (κ2) is 6.00. The Kier molecular flexibility index (Phi) is 4.06. The zero-order valence-electron chi connectivity index (χ0n) is 13.0. The monoisotopic (exact) mass is 317 g/mol. The molecule has 116 valence electrons. The molecule has 1 amide bonds. The van der Waals surface area contributed by atoms with Gasteiger partial charge >= 0.3 is 0 Å². The molecule has 3 rings (SSSR count). The van der Waals surface area contributed by atoms with Crippen LogP contribution in [0.4, 0.5) is 10.9 Å². The van der Waals surface area contributed by atoms with Crippen LogP contribution in [-0.4, -0.2) is 32.3 Å². The lowest BCUT2D eigenvalue weighted by Gasteiger charge is -2.22. The number of thiazole rings is 1. The van der Waals surface area contributed by atoms with Crippen LogP contribution in [0.15, 0.2) is 11.4 Å². The SMILES string of the molecule is CC(=O)N1CCC[C@H]1c1nc(C)cc(Nc2nc(C)cs2)n1. The van der Waals surface area contributed by atoms with Crippen LogP contribution in [0.25, 0.3) is 0 Å². The summed E-state index contributed by atoms with van der Waals surface area (Å²) in [5, 5.41) is 6.03. The molecule has 1 fully saturated rings. The minimum Gasteiger partial charge on any atom is -0.333 e.